The average Bonchev–Trinajstić information content (AvgIpc) is 2.47. The molecule has 1 aromatic carbocycles. The number of nitro benzene ring substituents is 1. The number of nitro groups is 1. The standard InChI is InChI=1S/C15H22N2O3/c1-2-16(13-6-4-3-5-7-13)11-12-10-14(17(19)20)8-9-15(12)18/h8-10,13,18H,2-7,11H2,1H3. The van der Waals surface area contributed by atoms with Crippen molar-refractivity contribution >= 4 is 5.69 Å². The Morgan fingerprint density at radius 1 is 1.35 bits per heavy atom. The normalized spacial score (nSPS) is 16.5. The molecule has 1 aliphatic carbocycles. The highest BCUT2D eigenvalue weighted by atomic mass is 16.6. The fourth-order valence-corrected chi connectivity index (χ4v) is 2.98. The molecule has 110 valence electrons. The van der Waals surface area contributed by atoms with E-state index in [0.29, 0.717) is 18.2 Å². The molecule has 5 nitrogen and oxygen atoms in total. The summed E-state index contributed by atoms with van der Waals surface area (Å²) in [5.41, 5.74) is 0.684. The predicted octanol–water partition coefficient (Wildman–Crippen LogP) is 3.46. The summed E-state index contributed by atoms with van der Waals surface area (Å²) >= 11 is 0. The second-order valence-electron chi connectivity index (χ2n) is 5.43. The zero-order valence-electron chi connectivity index (χ0n) is 11.9. The van der Waals surface area contributed by atoms with E-state index in [2.05, 4.69) is 11.8 Å². The van der Waals surface area contributed by atoms with Gasteiger partial charge in [0, 0.05) is 30.3 Å². The lowest BCUT2D eigenvalue weighted by Gasteiger charge is -2.33. The summed E-state index contributed by atoms with van der Waals surface area (Å²) in [5, 5.41) is 20.7. The van der Waals surface area contributed by atoms with Crippen molar-refractivity contribution in [3.63, 3.8) is 0 Å². The van der Waals surface area contributed by atoms with Gasteiger partial charge in [-0.15, -0.1) is 0 Å². The molecule has 1 aliphatic rings. The monoisotopic (exact) mass is 278 g/mol. The second kappa shape index (κ2) is 6.70. The van der Waals surface area contributed by atoms with Crippen molar-refractivity contribution in [2.45, 2.75) is 51.6 Å². The van der Waals surface area contributed by atoms with Crippen LogP contribution in [0.15, 0.2) is 18.2 Å². The van der Waals surface area contributed by atoms with Crippen LogP contribution in [0.1, 0.15) is 44.6 Å². The number of hydrogen-bond acceptors (Lipinski definition) is 4. The van der Waals surface area contributed by atoms with Gasteiger partial charge in [-0.1, -0.05) is 26.2 Å². The molecule has 0 heterocycles. The van der Waals surface area contributed by atoms with Crippen LogP contribution in [0.3, 0.4) is 0 Å². The summed E-state index contributed by atoms with van der Waals surface area (Å²) in [6.07, 6.45) is 6.17. The molecule has 1 aromatic rings. The van der Waals surface area contributed by atoms with Crippen LogP contribution < -0.4 is 0 Å². The van der Waals surface area contributed by atoms with Crippen molar-refractivity contribution in [1.82, 2.24) is 4.90 Å². The van der Waals surface area contributed by atoms with Crippen LogP contribution in [0.2, 0.25) is 0 Å². The third kappa shape index (κ3) is 3.48. The number of phenols is 1. The van der Waals surface area contributed by atoms with Crippen molar-refractivity contribution in [3.05, 3.63) is 33.9 Å². The minimum Gasteiger partial charge on any atom is -0.508 e. The summed E-state index contributed by atoms with van der Waals surface area (Å²) in [6.45, 7) is 3.57. The molecule has 0 aromatic heterocycles. The van der Waals surface area contributed by atoms with Crippen LogP contribution in [0, 0.1) is 10.1 Å². The molecular formula is C15H22N2O3. The molecule has 0 unspecified atom stereocenters. The Kier molecular flexibility index (Phi) is 4.95. The number of aromatic hydroxyl groups is 1. The first-order valence-corrected chi connectivity index (χ1v) is 7.32. The molecule has 0 spiro atoms. The summed E-state index contributed by atoms with van der Waals surface area (Å²) in [6, 6.07) is 4.78. The summed E-state index contributed by atoms with van der Waals surface area (Å²) in [5.74, 6) is 0.143. The van der Waals surface area contributed by atoms with Gasteiger partial charge in [-0.2, -0.15) is 0 Å². The van der Waals surface area contributed by atoms with E-state index in [9.17, 15) is 15.2 Å². The third-order valence-electron chi connectivity index (χ3n) is 4.14. The molecule has 2 rings (SSSR count). The summed E-state index contributed by atoms with van der Waals surface area (Å²) in [7, 11) is 0. The minimum atomic E-state index is -0.417. The highest BCUT2D eigenvalue weighted by Gasteiger charge is 2.21. The molecule has 0 radical (unpaired) electrons. The molecule has 0 saturated heterocycles. The zero-order valence-corrected chi connectivity index (χ0v) is 11.9. The Bertz CT molecular complexity index is 470. The summed E-state index contributed by atoms with van der Waals surface area (Å²) in [4.78, 5) is 12.7. The number of phenolic OH excluding ortho intramolecular Hbond substituents is 1. The van der Waals surface area contributed by atoms with E-state index >= 15 is 0 Å². The fourth-order valence-electron chi connectivity index (χ4n) is 2.98. The molecule has 1 N–H and O–H groups in total. The van der Waals surface area contributed by atoms with Gasteiger partial charge in [-0.25, -0.2) is 0 Å². The SMILES string of the molecule is CCN(Cc1cc([N+](=O)[O-])ccc1O)C1CCCCC1. The first kappa shape index (κ1) is 14.8. The molecule has 0 bridgehead atoms. The number of nitrogens with zero attached hydrogens (tertiary/aromatic N) is 2. The lowest BCUT2D eigenvalue weighted by Crippen LogP contribution is -2.36. The van der Waals surface area contributed by atoms with E-state index in [1.54, 1.807) is 0 Å². The first-order chi connectivity index (χ1) is 9.61. The number of rotatable bonds is 5. The van der Waals surface area contributed by atoms with Crippen LogP contribution in [-0.2, 0) is 6.54 Å². The van der Waals surface area contributed by atoms with Crippen molar-refractivity contribution in [2.75, 3.05) is 6.54 Å². The smallest absolute Gasteiger partial charge is 0.270 e. The van der Waals surface area contributed by atoms with E-state index in [-0.39, 0.29) is 11.4 Å². The highest BCUT2D eigenvalue weighted by Crippen LogP contribution is 2.28. The van der Waals surface area contributed by atoms with Crippen LogP contribution in [0.5, 0.6) is 5.75 Å². The average molecular weight is 278 g/mol. The van der Waals surface area contributed by atoms with Crippen molar-refractivity contribution in [2.24, 2.45) is 0 Å². The Hall–Kier alpha value is -1.62. The number of benzene rings is 1. The molecule has 5 heteroatoms. The maximum absolute atomic E-state index is 10.8. The lowest BCUT2D eigenvalue weighted by molar-refractivity contribution is -0.385. The van der Waals surface area contributed by atoms with Gasteiger partial charge < -0.3 is 5.11 Å². The Balaban J connectivity index is 2.13. The maximum atomic E-state index is 10.8. The van der Waals surface area contributed by atoms with E-state index in [1.807, 2.05) is 0 Å². The Labute approximate surface area is 119 Å². The Morgan fingerprint density at radius 2 is 2.05 bits per heavy atom. The van der Waals surface area contributed by atoms with E-state index < -0.39 is 4.92 Å². The van der Waals surface area contributed by atoms with Gasteiger partial charge in [0.2, 0.25) is 0 Å². The molecule has 1 fully saturated rings. The van der Waals surface area contributed by atoms with E-state index in [1.165, 1.54) is 50.3 Å². The molecular weight excluding hydrogens is 256 g/mol. The molecule has 20 heavy (non-hydrogen) atoms. The fraction of sp³-hybridized carbons (Fsp3) is 0.600. The van der Waals surface area contributed by atoms with Gasteiger partial charge in [-0.3, -0.25) is 15.0 Å². The maximum Gasteiger partial charge on any atom is 0.270 e. The third-order valence-corrected chi connectivity index (χ3v) is 4.14. The van der Waals surface area contributed by atoms with Crippen LogP contribution in [0.25, 0.3) is 0 Å². The minimum absolute atomic E-state index is 0.0393. The first-order valence-electron chi connectivity index (χ1n) is 7.32. The zero-order chi connectivity index (χ0) is 14.5. The Morgan fingerprint density at radius 3 is 2.65 bits per heavy atom. The van der Waals surface area contributed by atoms with Gasteiger partial charge in [0.1, 0.15) is 5.75 Å². The number of hydrogen-bond donors (Lipinski definition) is 1. The highest BCUT2D eigenvalue weighted by molar-refractivity contribution is 5.42. The predicted molar refractivity (Wildman–Crippen MR) is 77.7 cm³/mol. The topological polar surface area (TPSA) is 66.6 Å². The lowest BCUT2D eigenvalue weighted by atomic mass is 9.94. The van der Waals surface area contributed by atoms with Crippen LogP contribution in [0.4, 0.5) is 5.69 Å². The largest absolute Gasteiger partial charge is 0.508 e. The molecule has 0 aliphatic heterocycles. The van der Waals surface area contributed by atoms with Gasteiger partial charge in [0.15, 0.2) is 0 Å². The van der Waals surface area contributed by atoms with Gasteiger partial charge in [0.05, 0.1) is 4.92 Å². The summed E-state index contributed by atoms with van der Waals surface area (Å²) < 4.78 is 0. The van der Waals surface area contributed by atoms with Gasteiger partial charge in [0.25, 0.3) is 5.69 Å². The van der Waals surface area contributed by atoms with Crippen LogP contribution >= 0.6 is 0 Å². The van der Waals surface area contributed by atoms with Crippen molar-refractivity contribution in [1.29, 1.82) is 0 Å². The van der Waals surface area contributed by atoms with Gasteiger partial charge in [-0.05, 0) is 25.5 Å². The molecule has 0 atom stereocenters. The van der Waals surface area contributed by atoms with Gasteiger partial charge >= 0.3 is 0 Å². The van der Waals surface area contributed by atoms with Crippen LogP contribution in [-0.4, -0.2) is 27.5 Å². The van der Waals surface area contributed by atoms with E-state index in [4.69, 9.17) is 0 Å². The quantitative estimate of drug-likeness (QED) is 0.661. The second-order valence-corrected chi connectivity index (χ2v) is 5.43. The van der Waals surface area contributed by atoms with Crippen molar-refractivity contribution < 1.29 is 10.0 Å². The van der Waals surface area contributed by atoms with E-state index in [0.717, 1.165) is 6.54 Å². The van der Waals surface area contributed by atoms with Crippen molar-refractivity contribution in [3.8, 4) is 5.75 Å². The molecule has 1 saturated carbocycles. The number of non-ortho nitro benzene ring substituents is 1. The molecule has 0 amide bonds.